The normalized spacial score (nSPS) is 16.9. The summed E-state index contributed by atoms with van der Waals surface area (Å²) >= 11 is 0. The molecule has 1 heterocycles. The van der Waals surface area contributed by atoms with Gasteiger partial charge in [0, 0.05) is 18.8 Å². The summed E-state index contributed by atoms with van der Waals surface area (Å²) in [5.41, 5.74) is 3.78. The molecular weight excluding hydrogens is 194 g/mol. The van der Waals surface area contributed by atoms with Crippen LogP contribution in [-0.4, -0.2) is 13.1 Å². The van der Waals surface area contributed by atoms with Gasteiger partial charge >= 0.3 is 0 Å². The number of rotatable bonds is 2. The van der Waals surface area contributed by atoms with Gasteiger partial charge in [0.1, 0.15) is 0 Å². The number of hydrogen-bond donors (Lipinski definition) is 0. The average molecular weight is 215 g/mol. The van der Waals surface area contributed by atoms with Crippen LogP contribution in [0, 0.1) is 0 Å². The van der Waals surface area contributed by atoms with Gasteiger partial charge in [-0.25, -0.2) is 0 Å². The van der Waals surface area contributed by atoms with E-state index in [2.05, 4.69) is 42.7 Å². The highest BCUT2D eigenvalue weighted by atomic mass is 15.1. The van der Waals surface area contributed by atoms with Crippen molar-refractivity contribution in [2.45, 2.75) is 32.6 Å². The molecule has 0 radical (unpaired) electrons. The quantitative estimate of drug-likeness (QED) is 0.718. The molecule has 1 aromatic carbocycles. The predicted octanol–water partition coefficient (Wildman–Crippen LogP) is 4.10. The lowest BCUT2D eigenvalue weighted by atomic mass is 10.1. The molecule has 1 aliphatic rings. The maximum Gasteiger partial charge on any atom is 0.0372 e. The minimum absolute atomic E-state index is 1.15. The standard InChI is InChI=1S/C15H21N/c1-13(2)14-8-7-9-15(12-14)16-10-5-3-4-6-11-16/h7-9,12H,1,3-6,10-11H2,2H3. The Morgan fingerprint density at radius 2 is 1.81 bits per heavy atom. The zero-order valence-electron chi connectivity index (χ0n) is 10.2. The van der Waals surface area contributed by atoms with E-state index in [1.165, 1.54) is 50.0 Å². The third-order valence-electron chi connectivity index (χ3n) is 3.31. The van der Waals surface area contributed by atoms with Gasteiger partial charge in [-0.3, -0.25) is 0 Å². The van der Waals surface area contributed by atoms with Crippen LogP contribution >= 0.6 is 0 Å². The van der Waals surface area contributed by atoms with E-state index in [1.54, 1.807) is 0 Å². The van der Waals surface area contributed by atoms with Crippen molar-refractivity contribution in [1.29, 1.82) is 0 Å². The Morgan fingerprint density at radius 3 is 2.44 bits per heavy atom. The predicted molar refractivity (Wildman–Crippen MR) is 71.8 cm³/mol. The van der Waals surface area contributed by atoms with Crippen molar-refractivity contribution in [3.63, 3.8) is 0 Å². The van der Waals surface area contributed by atoms with Crippen molar-refractivity contribution < 1.29 is 0 Å². The van der Waals surface area contributed by atoms with Gasteiger partial charge in [0.25, 0.3) is 0 Å². The largest absolute Gasteiger partial charge is 0.372 e. The molecule has 16 heavy (non-hydrogen) atoms. The van der Waals surface area contributed by atoms with E-state index < -0.39 is 0 Å². The molecular formula is C15H21N. The van der Waals surface area contributed by atoms with E-state index in [9.17, 15) is 0 Å². The van der Waals surface area contributed by atoms with Crippen LogP contribution in [0.25, 0.3) is 5.57 Å². The molecule has 0 aromatic heterocycles. The van der Waals surface area contributed by atoms with Crippen molar-refractivity contribution in [3.05, 3.63) is 36.4 Å². The van der Waals surface area contributed by atoms with Crippen LogP contribution in [0.5, 0.6) is 0 Å². The van der Waals surface area contributed by atoms with E-state index >= 15 is 0 Å². The molecule has 0 bridgehead atoms. The van der Waals surface area contributed by atoms with Crippen LogP contribution in [0.3, 0.4) is 0 Å². The summed E-state index contributed by atoms with van der Waals surface area (Å²) in [5.74, 6) is 0. The molecule has 0 aliphatic carbocycles. The van der Waals surface area contributed by atoms with Gasteiger partial charge in [-0.2, -0.15) is 0 Å². The van der Waals surface area contributed by atoms with Crippen molar-refractivity contribution in [2.75, 3.05) is 18.0 Å². The first-order chi connectivity index (χ1) is 7.77. The van der Waals surface area contributed by atoms with Gasteiger partial charge < -0.3 is 4.90 Å². The van der Waals surface area contributed by atoms with E-state index in [0.29, 0.717) is 0 Å². The number of nitrogens with zero attached hydrogens (tertiary/aromatic N) is 1. The van der Waals surface area contributed by atoms with E-state index in [4.69, 9.17) is 0 Å². The Morgan fingerprint density at radius 1 is 1.12 bits per heavy atom. The molecule has 1 aliphatic heterocycles. The first-order valence-electron chi connectivity index (χ1n) is 6.28. The lowest BCUT2D eigenvalue weighted by Gasteiger charge is -2.23. The molecule has 2 rings (SSSR count). The second kappa shape index (κ2) is 5.20. The number of allylic oxidation sites excluding steroid dienone is 1. The van der Waals surface area contributed by atoms with Crippen molar-refractivity contribution >= 4 is 11.3 Å². The number of hydrogen-bond acceptors (Lipinski definition) is 1. The molecule has 1 aromatic rings. The molecule has 1 fully saturated rings. The third kappa shape index (κ3) is 2.66. The molecule has 1 heteroatoms. The Balaban J connectivity index is 2.18. The van der Waals surface area contributed by atoms with Crippen LogP contribution in [0.4, 0.5) is 5.69 Å². The molecule has 0 unspecified atom stereocenters. The van der Waals surface area contributed by atoms with Gasteiger partial charge in [0.15, 0.2) is 0 Å². The summed E-state index contributed by atoms with van der Waals surface area (Å²) in [6.45, 7) is 8.50. The van der Waals surface area contributed by atoms with Crippen molar-refractivity contribution in [3.8, 4) is 0 Å². The zero-order chi connectivity index (χ0) is 11.4. The smallest absolute Gasteiger partial charge is 0.0372 e. The molecule has 0 amide bonds. The van der Waals surface area contributed by atoms with Crippen LogP contribution in [0.2, 0.25) is 0 Å². The fraction of sp³-hybridized carbons (Fsp3) is 0.467. The minimum atomic E-state index is 1.15. The lowest BCUT2D eigenvalue weighted by Crippen LogP contribution is -2.23. The molecule has 1 nitrogen and oxygen atoms in total. The van der Waals surface area contributed by atoms with Gasteiger partial charge in [0.05, 0.1) is 0 Å². The lowest BCUT2D eigenvalue weighted by molar-refractivity contribution is 0.726. The fourth-order valence-corrected chi connectivity index (χ4v) is 2.30. The van der Waals surface area contributed by atoms with Crippen LogP contribution in [0.15, 0.2) is 30.8 Å². The summed E-state index contributed by atoms with van der Waals surface area (Å²) in [7, 11) is 0. The van der Waals surface area contributed by atoms with Crippen molar-refractivity contribution in [2.24, 2.45) is 0 Å². The molecule has 86 valence electrons. The third-order valence-corrected chi connectivity index (χ3v) is 3.31. The Hall–Kier alpha value is -1.24. The summed E-state index contributed by atoms with van der Waals surface area (Å²) in [5, 5.41) is 0. The molecule has 0 spiro atoms. The maximum atomic E-state index is 4.01. The van der Waals surface area contributed by atoms with Crippen LogP contribution in [0.1, 0.15) is 38.2 Å². The van der Waals surface area contributed by atoms with E-state index in [1.807, 2.05) is 0 Å². The number of benzene rings is 1. The Labute approximate surface area is 98.8 Å². The van der Waals surface area contributed by atoms with Gasteiger partial charge in [-0.05, 0) is 37.5 Å². The second-order valence-corrected chi connectivity index (χ2v) is 4.73. The summed E-state index contributed by atoms with van der Waals surface area (Å²) in [6, 6.07) is 8.78. The molecule has 1 saturated heterocycles. The Bertz CT molecular complexity index is 359. The highest BCUT2D eigenvalue weighted by Gasteiger charge is 2.09. The topological polar surface area (TPSA) is 3.24 Å². The Kier molecular flexibility index (Phi) is 3.66. The number of anilines is 1. The first-order valence-corrected chi connectivity index (χ1v) is 6.28. The fourth-order valence-electron chi connectivity index (χ4n) is 2.30. The molecule has 0 saturated carbocycles. The summed E-state index contributed by atoms with van der Waals surface area (Å²) in [6.07, 6.45) is 5.43. The summed E-state index contributed by atoms with van der Waals surface area (Å²) < 4.78 is 0. The molecule has 0 atom stereocenters. The molecule has 0 N–H and O–H groups in total. The minimum Gasteiger partial charge on any atom is -0.372 e. The van der Waals surface area contributed by atoms with Crippen LogP contribution in [-0.2, 0) is 0 Å². The average Bonchev–Trinajstić information content (AvgIpc) is 2.57. The highest BCUT2D eigenvalue weighted by Crippen LogP contribution is 2.23. The summed E-state index contributed by atoms with van der Waals surface area (Å²) in [4.78, 5) is 2.51. The SMILES string of the molecule is C=C(C)c1cccc(N2CCCCCC2)c1. The highest BCUT2D eigenvalue weighted by molar-refractivity contribution is 5.65. The first kappa shape index (κ1) is 11.3. The van der Waals surface area contributed by atoms with Crippen LogP contribution < -0.4 is 4.90 Å². The van der Waals surface area contributed by atoms with Gasteiger partial charge in [-0.15, -0.1) is 0 Å². The van der Waals surface area contributed by atoms with Gasteiger partial charge in [0.2, 0.25) is 0 Å². The van der Waals surface area contributed by atoms with E-state index in [-0.39, 0.29) is 0 Å². The zero-order valence-corrected chi connectivity index (χ0v) is 10.2. The maximum absolute atomic E-state index is 4.01. The van der Waals surface area contributed by atoms with E-state index in [0.717, 1.165) is 5.57 Å². The second-order valence-electron chi connectivity index (χ2n) is 4.73. The van der Waals surface area contributed by atoms with Crippen molar-refractivity contribution in [1.82, 2.24) is 0 Å². The monoisotopic (exact) mass is 215 g/mol. The van der Waals surface area contributed by atoms with Gasteiger partial charge in [-0.1, -0.05) is 37.1 Å².